The monoisotopic (exact) mass is 152 g/mol. The summed E-state index contributed by atoms with van der Waals surface area (Å²) in [7, 11) is 1.86. The van der Waals surface area contributed by atoms with Crippen LogP contribution in [0.1, 0.15) is 25.0 Å². The predicted molar refractivity (Wildman–Crippen MR) is 40.7 cm³/mol. The maximum absolute atomic E-state index is 6.02. The van der Waals surface area contributed by atoms with Gasteiger partial charge in [0.05, 0.1) is 5.54 Å². The van der Waals surface area contributed by atoms with Crippen LogP contribution in [0.5, 0.6) is 0 Å². The van der Waals surface area contributed by atoms with Crippen molar-refractivity contribution >= 4 is 0 Å². The molecule has 1 aromatic heterocycles. The molecule has 0 saturated heterocycles. The van der Waals surface area contributed by atoms with Gasteiger partial charge in [0.1, 0.15) is 5.69 Å². The molecule has 1 heterocycles. The van der Waals surface area contributed by atoms with E-state index < -0.39 is 0 Å². The number of rotatable bonds is 1. The number of hydrogen-bond donors (Lipinski definition) is 1. The smallest absolute Gasteiger partial charge is 0.102 e. The summed E-state index contributed by atoms with van der Waals surface area (Å²) in [6, 6.07) is 0. The second-order valence-corrected chi connectivity index (χ2v) is 3.29. The molecule has 0 spiro atoms. The molecule has 60 valence electrons. The number of aryl methyl sites for hydroxylation is 1. The molecule has 4 nitrogen and oxygen atoms in total. The van der Waals surface area contributed by atoms with Gasteiger partial charge in [-0.2, -0.15) is 0 Å². The van der Waals surface area contributed by atoms with Gasteiger partial charge in [-0.3, -0.25) is 4.68 Å². The van der Waals surface area contributed by atoms with Gasteiger partial charge in [-0.05, 0) is 19.3 Å². The first-order valence-electron chi connectivity index (χ1n) is 3.86. The molecule has 0 bridgehead atoms. The Hall–Kier alpha value is -0.900. The molecule has 1 saturated carbocycles. The molecule has 2 N–H and O–H groups in total. The van der Waals surface area contributed by atoms with E-state index in [0.29, 0.717) is 0 Å². The first-order valence-corrected chi connectivity index (χ1v) is 3.86. The van der Waals surface area contributed by atoms with E-state index in [9.17, 15) is 0 Å². The minimum absolute atomic E-state index is 0.158. The molecule has 2 rings (SSSR count). The van der Waals surface area contributed by atoms with E-state index in [0.717, 1.165) is 18.5 Å². The summed E-state index contributed by atoms with van der Waals surface area (Å²) in [5.41, 5.74) is 6.80. The van der Waals surface area contributed by atoms with Crippen LogP contribution in [0, 0.1) is 0 Å². The molecular weight excluding hydrogens is 140 g/mol. The summed E-state index contributed by atoms with van der Waals surface area (Å²) in [4.78, 5) is 0. The molecule has 0 unspecified atom stereocenters. The maximum Gasteiger partial charge on any atom is 0.102 e. The number of nitrogens with zero attached hydrogens (tertiary/aromatic N) is 3. The van der Waals surface area contributed by atoms with Crippen molar-refractivity contribution in [3.05, 3.63) is 11.9 Å². The molecule has 1 fully saturated rings. The highest BCUT2D eigenvalue weighted by atomic mass is 15.4. The Balaban J connectivity index is 2.28. The first-order chi connectivity index (χ1) is 5.21. The van der Waals surface area contributed by atoms with Crippen LogP contribution in [0.15, 0.2) is 6.20 Å². The second-order valence-electron chi connectivity index (χ2n) is 3.29. The molecule has 4 heteroatoms. The lowest BCUT2D eigenvalue weighted by Crippen LogP contribution is -2.43. The van der Waals surface area contributed by atoms with Crippen molar-refractivity contribution in [3.63, 3.8) is 0 Å². The lowest BCUT2D eigenvalue weighted by atomic mass is 9.76. The van der Waals surface area contributed by atoms with Gasteiger partial charge < -0.3 is 5.73 Å². The Morgan fingerprint density at radius 1 is 1.64 bits per heavy atom. The molecule has 0 atom stereocenters. The highest BCUT2D eigenvalue weighted by Gasteiger charge is 2.36. The molecule has 1 aliphatic carbocycles. The van der Waals surface area contributed by atoms with E-state index in [1.54, 1.807) is 4.68 Å². The number of aromatic nitrogens is 3. The van der Waals surface area contributed by atoms with Crippen molar-refractivity contribution in [1.82, 2.24) is 15.0 Å². The quantitative estimate of drug-likeness (QED) is 0.623. The minimum Gasteiger partial charge on any atom is -0.320 e. The third-order valence-corrected chi connectivity index (χ3v) is 2.36. The van der Waals surface area contributed by atoms with E-state index in [2.05, 4.69) is 10.3 Å². The molecule has 1 aliphatic rings. The van der Waals surface area contributed by atoms with Crippen LogP contribution in [-0.4, -0.2) is 15.0 Å². The van der Waals surface area contributed by atoms with Gasteiger partial charge in [0, 0.05) is 13.2 Å². The summed E-state index contributed by atoms with van der Waals surface area (Å²) in [5.74, 6) is 0. The fourth-order valence-corrected chi connectivity index (χ4v) is 1.39. The fraction of sp³-hybridized carbons (Fsp3) is 0.714. The third-order valence-electron chi connectivity index (χ3n) is 2.36. The van der Waals surface area contributed by atoms with E-state index >= 15 is 0 Å². The normalized spacial score (nSPS) is 21.3. The van der Waals surface area contributed by atoms with Gasteiger partial charge >= 0.3 is 0 Å². The van der Waals surface area contributed by atoms with Gasteiger partial charge in [0.15, 0.2) is 0 Å². The topological polar surface area (TPSA) is 56.7 Å². The Morgan fingerprint density at radius 3 is 2.73 bits per heavy atom. The summed E-state index contributed by atoms with van der Waals surface area (Å²) in [6.07, 6.45) is 5.21. The predicted octanol–water partition coefficient (Wildman–Crippen LogP) is 0.153. The summed E-state index contributed by atoms with van der Waals surface area (Å²) in [5, 5.41) is 7.85. The zero-order valence-electron chi connectivity index (χ0n) is 6.62. The van der Waals surface area contributed by atoms with Gasteiger partial charge in [-0.15, -0.1) is 5.10 Å². The van der Waals surface area contributed by atoms with Gasteiger partial charge in [-0.1, -0.05) is 5.21 Å². The minimum atomic E-state index is -0.158. The lowest BCUT2D eigenvalue weighted by Gasteiger charge is -2.35. The van der Waals surface area contributed by atoms with Crippen LogP contribution in [0.2, 0.25) is 0 Å². The zero-order chi connectivity index (χ0) is 7.90. The van der Waals surface area contributed by atoms with Crippen molar-refractivity contribution in [1.29, 1.82) is 0 Å². The van der Waals surface area contributed by atoms with Crippen LogP contribution in [0.4, 0.5) is 0 Å². The molecule has 0 radical (unpaired) electrons. The number of nitrogens with two attached hydrogens (primary N) is 1. The Bertz CT molecular complexity index is 261. The Morgan fingerprint density at radius 2 is 2.36 bits per heavy atom. The van der Waals surface area contributed by atoms with Crippen molar-refractivity contribution in [2.75, 3.05) is 0 Å². The summed E-state index contributed by atoms with van der Waals surface area (Å²) >= 11 is 0. The second kappa shape index (κ2) is 2.04. The van der Waals surface area contributed by atoms with Gasteiger partial charge in [-0.25, -0.2) is 0 Å². The van der Waals surface area contributed by atoms with Crippen molar-refractivity contribution in [2.24, 2.45) is 12.8 Å². The highest BCUT2D eigenvalue weighted by molar-refractivity contribution is 5.13. The van der Waals surface area contributed by atoms with E-state index in [-0.39, 0.29) is 5.54 Å². The van der Waals surface area contributed by atoms with Crippen LogP contribution < -0.4 is 5.73 Å². The van der Waals surface area contributed by atoms with E-state index in [4.69, 9.17) is 5.73 Å². The highest BCUT2D eigenvalue weighted by Crippen LogP contribution is 2.37. The lowest BCUT2D eigenvalue weighted by molar-refractivity contribution is 0.246. The molecule has 11 heavy (non-hydrogen) atoms. The molecule has 1 aromatic rings. The van der Waals surface area contributed by atoms with E-state index in [1.807, 2.05) is 13.2 Å². The number of hydrogen-bond acceptors (Lipinski definition) is 3. The molecule has 0 aromatic carbocycles. The SMILES string of the molecule is Cn1cc(C2(N)CCC2)nn1. The maximum atomic E-state index is 6.02. The Labute approximate surface area is 65.4 Å². The first kappa shape index (κ1) is 6.79. The van der Waals surface area contributed by atoms with Crippen molar-refractivity contribution in [2.45, 2.75) is 24.8 Å². The van der Waals surface area contributed by atoms with E-state index in [1.165, 1.54) is 6.42 Å². The van der Waals surface area contributed by atoms with Crippen molar-refractivity contribution < 1.29 is 0 Å². The molecular formula is C7H12N4. The average Bonchev–Trinajstić information content (AvgIpc) is 2.31. The van der Waals surface area contributed by atoms with Crippen LogP contribution >= 0.6 is 0 Å². The largest absolute Gasteiger partial charge is 0.320 e. The zero-order valence-corrected chi connectivity index (χ0v) is 6.62. The standard InChI is InChI=1S/C7H12N4/c1-11-5-6(9-10-11)7(8)3-2-4-7/h5H,2-4,8H2,1H3. The fourth-order valence-electron chi connectivity index (χ4n) is 1.39. The third kappa shape index (κ3) is 0.939. The van der Waals surface area contributed by atoms with Crippen LogP contribution in [0.3, 0.4) is 0 Å². The van der Waals surface area contributed by atoms with Crippen molar-refractivity contribution in [3.8, 4) is 0 Å². The molecule has 0 amide bonds. The average molecular weight is 152 g/mol. The summed E-state index contributed by atoms with van der Waals surface area (Å²) < 4.78 is 1.70. The molecule has 0 aliphatic heterocycles. The summed E-state index contributed by atoms with van der Waals surface area (Å²) in [6.45, 7) is 0. The van der Waals surface area contributed by atoms with Crippen LogP contribution in [0.25, 0.3) is 0 Å². The Kier molecular flexibility index (Phi) is 1.26. The van der Waals surface area contributed by atoms with Crippen LogP contribution in [-0.2, 0) is 12.6 Å². The van der Waals surface area contributed by atoms with Gasteiger partial charge in [0.25, 0.3) is 0 Å². The van der Waals surface area contributed by atoms with Gasteiger partial charge in [0.2, 0.25) is 0 Å².